The van der Waals surface area contributed by atoms with Crippen molar-refractivity contribution in [3.05, 3.63) is 12.2 Å². The van der Waals surface area contributed by atoms with Crippen molar-refractivity contribution >= 4 is 16.8 Å². The molecule has 2 fully saturated rings. The summed E-state index contributed by atoms with van der Waals surface area (Å²) >= 11 is 5.95. The number of carbonyl (C=O) groups is 1. The summed E-state index contributed by atoms with van der Waals surface area (Å²) in [6.45, 7) is 4.34. The van der Waals surface area contributed by atoms with Crippen LogP contribution in [-0.4, -0.2) is 5.24 Å². The molecule has 0 aliphatic heterocycles. The third kappa shape index (κ3) is 0.971. The summed E-state index contributed by atoms with van der Waals surface area (Å²) < 4.78 is 0. The van der Waals surface area contributed by atoms with Gasteiger partial charge in [-0.15, -0.1) is 0 Å². The predicted molar refractivity (Wildman–Crippen MR) is 65.1 cm³/mol. The van der Waals surface area contributed by atoms with Crippen molar-refractivity contribution in [2.45, 2.75) is 33.1 Å². The summed E-state index contributed by atoms with van der Waals surface area (Å²) in [5.41, 5.74) is -0.189. The lowest BCUT2D eigenvalue weighted by atomic mass is 9.43. The molecular formula is C14H19ClO. The third-order valence-corrected chi connectivity index (χ3v) is 5.98. The number of halogens is 1. The number of hydrogen-bond acceptors (Lipinski definition) is 1. The first-order chi connectivity index (χ1) is 7.66. The molecule has 3 rings (SSSR count). The van der Waals surface area contributed by atoms with Crippen molar-refractivity contribution in [1.82, 2.24) is 0 Å². The minimum absolute atomic E-state index is 0.0657. The molecule has 0 aromatic rings. The molecule has 3 aliphatic carbocycles. The average molecular weight is 239 g/mol. The molecule has 0 heterocycles. The number of allylic oxidation sites excluding steroid dienone is 2. The molecule has 2 bridgehead atoms. The van der Waals surface area contributed by atoms with Gasteiger partial charge in [-0.05, 0) is 54.0 Å². The van der Waals surface area contributed by atoms with Gasteiger partial charge in [-0.3, -0.25) is 4.79 Å². The van der Waals surface area contributed by atoms with Crippen LogP contribution in [0, 0.1) is 35.0 Å². The van der Waals surface area contributed by atoms with Gasteiger partial charge in [0.05, 0.1) is 5.41 Å². The lowest BCUT2D eigenvalue weighted by molar-refractivity contribution is -0.161. The second kappa shape index (κ2) is 3.35. The van der Waals surface area contributed by atoms with Crippen LogP contribution in [0.15, 0.2) is 12.2 Å². The van der Waals surface area contributed by atoms with Gasteiger partial charge in [0.25, 0.3) is 0 Å². The van der Waals surface area contributed by atoms with E-state index in [0.717, 1.165) is 24.7 Å². The quantitative estimate of drug-likeness (QED) is 0.542. The zero-order valence-corrected chi connectivity index (χ0v) is 10.7. The summed E-state index contributed by atoms with van der Waals surface area (Å²) in [4.78, 5) is 11.9. The Bertz CT molecular complexity index is 362. The van der Waals surface area contributed by atoms with E-state index in [-0.39, 0.29) is 10.7 Å². The van der Waals surface area contributed by atoms with E-state index in [1.54, 1.807) is 0 Å². The second-order valence-corrected chi connectivity index (χ2v) is 6.08. The Balaban J connectivity index is 2.01. The Kier molecular flexibility index (Phi) is 2.27. The summed E-state index contributed by atoms with van der Waals surface area (Å²) in [7, 11) is 0. The Labute approximate surface area is 102 Å². The number of rotatable bonds is 3. The van der Waals surface area contributed by atoms with Crippen LogP contribution in [-0.2, 0) is 4.79 Å². The number of hydrogen-bond donors (Lipinski definition) is 0. The van der Waals surface area contributed by atoms with Gasteiger partial charge in [0, 0.05) is 0 Å². The highest BCUT2D eigenvalue weighted by molar-refractivity contribution is 6.64. The van der Waals surface area contributed by atoms with Crippen LogP contribution in [0.4, 0.5) is 0 Å². The highest BCUT2D eigenvalue weighted by Crippen LogP contribution is 2.72. The molecule has 0 amide bonds. The van der Waals surface area contributed by atoms with Gasteiger partial charge in [0.1, 0.15) is 0 Å². The Morgan fingerprint density at radius 1 is 1.38 bits per heavy atom. The van der Waals surface area contributed by atoms with Crippen LogP contribution in [0.1, 0.15) is 33.1 Å². The van der Waals surface area contributed by atoms with Crippen LogP contribution < -0.4 is 0 Å². The van der Waals surface area contributed by atoms with E-state index >= 15 is 0 Å². The maximum Gasteiger partial charge on any atom is 0.228 e. The van der Waals surface area contributed by atoms with Crippen molar-refractivity contribution in [1.29, 1.82) is 0 Å². The van der Waals surface area contributed by atoms with Gasteiger partial charge in [-0.1, -0.05) is 32.4 Å². The molecule has 0 aromatic heterocycles. The fraction of sp³-hybridized carbons (Fsp3) is 0.786. The van der Waals surface area contributed by atoms with Crippen LogP contribution in [0.3, 0.4) is 0 Å². The van der Waals surface area contributed by atoms with Crippen molar-refractivity contribution in [3.63, 3.8) is 0 Å². The minimum atomic E-state index is -0.189. The van der Waals surface area contributed by atoms with Crippen molar-refractivity contribution in [2.75, 3.05) is 0 Å². The number of carbonyl (C=O) groups excluding carboxylic acids is 1. The number of fused-ring (bicyclic) bond motifs is 5. The van der Waals surface area contributed by atoms with Crippen molar-refractivity contribution in [2.24, 2.45) is 35.0 Å². The molecule has 88 valence electrons. The summed E-state index contributed by atoms with van der Waals surface area (Å²) in [6.07, 6.45) is 8.02. The van der Waals surface area contributed by atoms with E-state index in [2.05, 4.69) is 26.0 Å². The third-order valence-electron chi connectivity index (χ3n) is 5.63. The van der Waals surface area contributed by atoms with E-state index in [9.17, 15) is 4.79 Å². The summed E-state index contributed by atoms with van der Waals surface area (Å²) in [6, 6.07) is 0. The smallest absolute Gasteiger partial charge is 0.228 e. The maximum absolute atomic E-state index is 11.9. The first kappa shape index (κ1) is 10.8. The molecule has 16 heavy (non-hydrogen) atoms. The van der Waals surface area contributed by atoms with E-state index in [4.69, 9.17) is 11.6 Å². The molecule has 6 atom stereocenters. The molecular weight excluding hydrogens is 220 g/mol. The normalized spacial score (nSPS) is 52.6. The molecule has 1 nitrogen and oxygen atoms in total. The van der Waals surface area contributed by atoms with Crippen LogP contribution >= 0.6 is 11.6 Å². The monoisotopic (exact) mass is 238 g/mol. The fourth-order valence-electron chi connectivity index (χ4n) is 5.16. The summed E-state index contributed by atoms with van der Waals surface area (Å²) in [5.74, 6) is 3.23. The van der Waals surface area contributed by atoms with E-state index in [1.165, 1.54) is 6.42 Å². The zero-order valence-electron chi connectivity index (χ0n) is 9.95. The van der Waals surface area contributed by atoms with Gasteiger partial charge < -0.3 is 0 Å². The SMILES string of the molecule is CC[C@@H]1C2C3C=CC(C3)C2[C@@]1(CC)C(=O)Cl. The van der Waals surface area contributed by atoms with E-state index in [1.807, 2.05) is 0 Å². The lowest BCUT2D eigenvalue weighted by Crippen LogP contribution is -2.60. The maximum atomic E-state index is 11.9. The fourth-order valence-corrected chi connectivity index (χ4v) is 5.56. The van der Waals surface area contributed by atoms with Gasteiger partial charge in [-0.2, -0.15) is 0 Å². The topological polar surface area (TPSA) is 17.1 Å². The largest absolute Gasteiger partial charge is 0.281 e. The first-order valence-electron chi connectivity index (χ1n) is 6.55. The highest BCUT2D eigenvalue weighted by atomic mass is 35.5. The molecule has 4 unspecified atom stereocenters. The Morgan fingerprint density at radius 2 is 2.06 bits per heavy atom. The van der Waals surface area contributed by atoms with Crippen LogP contribution in [0.2, 0.25) is 0 Å². The summed E-state index contributed by atoms with van der Waals surface area (Å²) in [5, 5.41) is -0.0657. The van der Waals surface area contributed by atoms with Gasteiger partial charge >= 0.3 is 0 Å². The molecule has 0 N–H and O–H groups in total. The Morgan fingerprint density at radius 3 is 2.62 bits per heavy atom. The Hall–Kier alpha value is -0.300. The molecule has 0 aromatic carbocycles. The van der Waals surface area contributed by atoms with Crippen molar-refractivity contribution in [3.8, 4) is 0 Å². The second-order valence-electron chi connectivity index (χ2n) is 5.73. The molecule has 0 radical (unpaired) electrons. The van der Waals surface area contributed by atoms with E-state index < -0.39 is 0 Å². The van der Waals surface area contributed by atoms with Crippen LogP contribution in [0.5, 0.6) is 0 Å². The van der Waals surface area contributed by atoms with E-state index in [0.29, 0.717) is 17.8 Å². The van der Waals surface area contributed by atoms with Crippen LogP contribution in [0.25, 0.3) is 0 Å². The molecule has 2 saturated carbocycles. The predicted octanol–water partition coefficient (Wildman–Crippen LogP) is 3.63. The molecule has 0 spiro atoms. The minimum Gasteiger partial charge on any atom is -0.281 e. The van der Waals surface area contributed by atoms with Gasteiger partial charge in [-0.25, -0.2) is 0 Å². The molecule has 0 saturated heterocycles. The molecule has 2 heteroatoms. The first-order valence-corrected chi connectivity index (χ1v) is 6.92. The molecule has 3 aliphatic rings. The van der Waals surface area contributed by atoms with Gasteiger partial charge in [0.2, 0.25) is 5.24 Å². The van der Waals surface area contributed by atoms with Crippen molar-refractivity contribution < 1.29 is 4.79 Å². The average Bonchev–Trinajstić information content (AvgIpc) is 2.77. The lowest BCUT2D eigenvalue weighted by Gasteiger charge is -2.60. The highest BCUT2D eigenvalue weighted by Gasteiger charge is 2.70. The zero-order chi connectivity index (χ0) is 11.5. The standard InChI is InChI=1S/C14H19ClO/c1-3-10-11-8-5-6-9(7-8)12(11)14(10,4-2)13(15)16/h5-6,8-12H,3-4,7H2,1-2H3/t8?,9?,10-,11?,12?,14+/m1/s1. The van der Waals surface area contributed by atoms with Gasteiger partial charge in [0.15, 0.2) is 0 Å².